The number of allylic oxidation sites excluding steroid dienone is 1. The number of nitrogens with zero attached hydrogens (tertiary/aromatic N) is 2. The van der Waals surface area contributed by atoms with Gasteiger partial charge in [0.15, 0.2) is 5.78 Å². The molecular weight excluding hydrogens is 400 g/mol. The summed E-state index contributed by atoms with van der Waals surface area (Å²) in [5.74, 6) is -1.36. The zero-order chi connectivity index (χ0) is 22.4. The summed E-state index contributed by atoms with van der Waals surface area (Å²) < 4.78 is 5.14. The lowest BCUT2D eigenvalue weighted by atomic mass is 9.74. The van der Waals surface area contributed by atoms with Gasteiger partial charge in [0.25, 0.3) is 5.69 Å². The number of ether oxygens (including phenoxy) is 1. The molecule has 31 heavy (non-hydrogen) atoms. The zero-order valence-electron chi connectivity index (χ0n) is 16.9. The Morgan fingerprint density at radius 2 is 1.84 bits per heavy atom. The zero-order valence-corrected chi connectivity index (χ0v) is 16.9. The third-order valence-corrected chi connectivity index (χ3v) is 5.39. The van der Waals surface area contributed by atoms with Gasteiger partial charge in [-0.15, -0.1) is 0 Å². The van der Waals surface area contributed by atoms with Crippen LogP contribution in [0.5, 0.6) is 5.75 Å². The van der Waals surface area contributed by atoms with Crippen LogP contribution in [0, 0.1) is 10.1 Å². The highest BCUT2D eigenvalue weighted by Crippen LogP contribution is 2.40. The number of aliphatic carboxylic acids is 1. The normalized spacial score (nSPS) is 18.0. The van der Waals surface area contributed by atoms with E-state index in [4.69, 9.17) is 4.74 Å². The molecule has 3 rings (SSSR count). The van der Waals surface area contributed by atoms with Gasteiger partial charge in [-0.25, -0.2) is 0 Å². The first-order valence-electron chi connectivity index (χ1n) is 9.71. The molecule has 0 radical (unpaired) electrons. The molecule has 0 spiro atoms. The number of rotatable bonds is 10. The molecule has 8 nitrogen and oxygen atoms in total. The lowest BCUT2D eigenvalue weighted by molar-refractivity contribution is -0.384. The summed E-state index contributed by atoms with van der Waals surface area (Å²) in [6.07, 6.45) is 5.04. The van der Waals surface area contributed by atoms with Crippen molar-refractivity contribution in [1.82, 2.24) is 0 Å². The minimum Gasteiger partial charge on any atom is -0.497 e. The number of carboxylic acids is 1. The van der Waals surface area contributed by atoms with E-state index >= 15 is 0 Å². The van der Waals surface area contributed by atoms with Crippen LogP contribution in [0.25, 0.3) is 0 Å². The van der Waals surface area contributed by atoms with Gasteiger partial charge in [0.2, 0.25) is 0 Å². The standard InChI is InChI=1S/C23H22N2O6/c1-31-19-10-3-16(4-11-19)5-12-21(26)23(13-2-14-24-23)20(15-22(27)28)17-6-8-18(9-7-17)25(29)30/h2-4,6-11,13-14,20H,5,12,15H2,1H3,(H,27,28). The van der Waals surface area contributed by atoms with Gasteiger partial charge in [0.05, 0.1) is 18.5 Å². The summed E-state index contributed by atoms with van der Waals surface area (Å²) >= 11 is 0. The number of nitro benzene ring substituents is 1. The maximum absolute atomic E-state index is 13.3. The van der Waals surface area contributed by atoms with Crippen LogP contribution in [0.3, 0.4) is 0 Å². The van der Waals surface area contributed by atoms with Crippen molar-refractivity contribution in [3.63, 3.8) is 0 Å². The molecule has 1 N–H and O–H groups in total. The van der Waals surface area contributed by atoms with E-state index in [1.165, 1.54) is 30.5 Å². The number of non-ortho nitro benzene ring substituents is 1. The van der Waals surface area contributed by atoms with Crippen LogP contribution in [0.4, 0.5) is 5.69 Å². The van der Waals surface area contributed by atoms with Gasteiger partial charge in [-0.1, -0.05) is 24.3 Å². The van der Waals surface area contributed by atoms with Crippen molar-refractivity contribution in [1.29, 1.82) is 0 Å². The molecule has 160 valence electrons. The number of nitro groups is 1. The van der Waals surface area contributed by atoms with Gasteiger partial charge in [-0.3, -0.25) is 24.7 Å². The number of methoxy groups -OCH3 is 1. The second-order valence-corrected chi connectivity index (χ2v) is 7.23. The second-order valence-electron chi connectivity index (χ2n) is 7.23. The minimum absolute atomic E-state index is 0.108. The number of aliphatic imine (C=N–C) groups is 1. The number of aryl methyl sites for hydroxylation is 1. The molecule has 2 unspecified atom stereocenters. The van der Waals surface area contributed by atoms with Crippen molar-refractivity contribution >= 4 is 23.7 Å². The van der Waals surface area contributed by atoms with Crippen molar-refractivity contribution in [2.45, 2.75) is 30.7 Å². The highest BCUT2D eigenvalue weighted by atomic mass is 16.6. The Morgan fingerprint density at radius 3 is 2.35 bits per heavy atom. The van der Waals surface area contributed by atoms with E-state index in [1.807, 2.05) is 24.3 Å². The highest BCUT2D eigenvalue weighted by Gasteiger charge is 2.45. The van der Waals surface area contributed by atoms with Crippen molar-refractivity contribution < 1.29 is 24.4 Å². The monoisotopic (exact) mass is 422 g/mol. The molecule has 2 aromatic rings. The van der Waals surface area contributed by atoms with Crippen molar-refractivity contribution in [3.05, 3.63) is 81.9 Å². The average molecular weight is 422 g/mol. The van der Waals surface area contributed by atoms with Crippen molar-refractivity contribution in [2.24, 2.45) is 4.99 Å². The Labute approximate surface area is 179 Å². The molecule has 0 saturated heterocycles. The van der Waals surface area contributed by atoms with Crippen LogP contribution < -0.4 is 4.74 Å². The fourth-order valence-corrected chi connectivity index (χ4v) is 3.75. The molecule has 0 saturated carbocycles. The van der Waals surface area contributed by atoms with Crippen LogP contribution in [0.2, 0.25) is 0 Å². The second kappa shape index (κ2) is 9.34. The van der Waals surface area contributed by atoms with Crippen LogP contribution in [0.1, 0.15) is 29.9 Å². The van der Waals surface area contributed by atoms with Crippen molar-refractivity contribution in [3.8, 4) is 5.75 Å². The molecule has 1 aliphatic rings. The summed E-state index contributed by atoms with van der Waals surface area (Å²) in [5, 5.41) is 20.5. The van der Waals surface area contributed by atoms with Gasteiger partial charge in [0, 0.05) is 30.7 Å². The molecule has 0 bridgehead atoms. The van der Waals surface area contributed by atoms with Crippen LogP contribution in [-0.2, 0) is 16.0 Å². The predicted molar refractivity (Wildman–Crippen MR) is 115 cm³/mol. The molecule has 0 aromatic heterocycles. The van der Waals surface area contributed by atoms with Gasteiger partial charge in [-0.2, -0.15) is 0 Å². The number of carboxylic acid groups (broad SMARTS) is 1. The van der Waals surface area contributed by atoms with Crippen LogP contribution in [-0.4, -0.2) is 40.6 Å². The van der Waals surface area contributed by atoms with E-state index in [1.54, 1.807) is 19.3 Å². The van der Waals surface area contributed by atoms with E-state index in [9.17, 15) is 24.8 Å². The molecular formula is C23H22N2O6. The Bertz CT molecular complexity index is 1010. The summed E-state index contributed by atoms with van der Waals surface area (Å²) in [7, 11) is 1.58. The van der Waals surface area contributed by atoms with E-state index in [2.05, 4.69) is 4.99 Å². The van der Waals surface area contributed by atoms with Gasteiger partial charge in [-0.05, 0) is 41.8 Å². The predicted octanol–water partition coefficient (Wildman–Crippen LogP) is 3.74. The van der Waals surface area contributed by atoms with Gasteiger partial charge >= 0.3 is 5.97 Å². The van der Waals surface area contributed by atoms with E-state index in [-0.39, 0.29) is 24.3 Å². The molecule has 2 aromatic carbocycles. The smallest absolute Gasteiger partial charge is 0.304 e. The molecule has 8 heteroatoms. The summed E-state index contributed by atoms with van der Waals surface area (Å²) in [4.78, 5) is 39.8. The Hall–Kier alpha value is -3.81. The largest absolute Gasteiger partial charge is 0.497 e. The lowest BCUT2D eigenvalue weighted by Gasteiger charge is -2.32. The number of hydrogen-bond acceptors (Lipinski definition) is 6. The minimum atomic E-state index is -1.36. The fraction of sp³-hybridized carbons (Fsp3) is 0.261. The highest BCUT2D eigenvalue weighted by molar-refractivity contribution is 5.97. The summed E-state index contributed by atoms with van der Waals surface area (Å²) in [6, 6.07) is 13.0. The number of hydrogen-bond donors (Lipinski definition) is 1. The number of carbonyl (C=O) groups excluding carboxylic acids is 1. The van der Waals surface area contributed by atoms with Crippen LogP contribution in [0.15, 0.2) is 65.7 Å². The molecule has 0 amide bonds. The third-order valence-electron chi connectivity index (χ3n) is 5.39. The molecule has 0 fully saturated rings. The van der Waals surface area contributed by atoms with Crippen LogP contribution >= 0.6 is 0 Å². The molecule has 1 heterocycles. The maximum atomic E-state index is 13.3. The average Bonchev–Trinajstić information content (AvgIpc) is 3.27. The number of ketones is 1. The Kier molecular flexibility index (Phi) is 6.59. The Morgan fingerprint density at radius 1 is 1.16 bits per heavy atom. The SMILES string of the molecule is COc1ccc(CCC(=O)C2(C(CC(=O)O)c3ccc([N+](=O)[O-])cc3)C=CC=N2)cc1. The van der Waals surface area contributed by atoms with Gasteiger partial charge < -0.3 is 9.84 Å². The lowest BCUT2D eigenvalue weighted by Crippen LogP contribution is -2.41. The maximum Gasteiger partial charge on any atom is 0.304 e. The van der Waals surface area contributed by atoms with E-state index in [0.717, 1.165) is 11.3 Å². The number of benzene rings is 2. The first-order chi connectivity index (χ1) is 14.9. The van der Waals surface area contributed by atoms with Crippen molar-refractivity contribution in [2.75, 3.05) is 7.11 Å². The molecule has 1 aliphatic heterocycles. The number of Topliss-reactive ketones (excluding diaryl/α,β-unsaturated/α-hetero) is 1. The van der Waals surface area contributed by atoms with E-state index < -0.39 is 22.3 Å². The third kappa shape index (κ3) is 4.85. The fourth-order valence-electron chi connectivity index (χ4n) is 3.75. The first kappa shape index (κ1) is 21.9. The number of carbonyl (C=O) groups is 2. The summed E-state index contributed by atoms with van der Waals surface area (Å²) in [6.45, 7) is 0. The molecule has 2 atom stereocenters. The summed E-state index contributed by atoms with van der Waals surface area (Å²) in [5.41, 5.74) is -0.0147. The topological polar surface area (TPSA) is 119 Å². The Balaban J connectivity index is 1.88. The van der Waals surface area contributed by atoms with Gasteiger partial charge in [0.1, 0.15) is 11.3 Å². The molecule has 0 aliphatic carbocycles. The quantitative estimate of drug-likeness (QED) is 0.460. The van der Waals surface area contributed by atoms with E-state index in [0.29, 0.717) is 12.0 Å². The first-order valence-corrected chi connectivity index (χ1v) is 9.71.